The third-order valence-corrected chi connectivity index (χ3v) is 11.1. The van der Waals surface area contributed by atoms with Crippen molar-refractivity contribution >= 4 is 5.78 Å². The fourth-order valence-electron chi connectivity index (χ4n) is 9.27. The highest BCUT2D eigenvalue weighted by Gasteiger charge is 2.75. The number of rotatable bonds is 2. The first-order chi connectivity index (χ1) is 15.8. The molecule has 0 aromatic rings. The molecule has 0 aromatic carbocycles. The van der Waals surface area contributed by atoms with E-state index in [-0.39, 0.29) is 40.8 Å². The largest absolute Gasteiger partial charge is 0.493 e. The number of carbonyl (C=O) groups excluding carboxylic acids is 1. The zero-order valence-electron chi connectivity index (χ0n) is 21.3. The first-order valence-electron chi connectivity index (χ1n) is 12.7. The molecule has 190 valence electrons. The van der Waals surface area contributed by atoms with Gasteiger partial charge in [-0.15, -0.1) is 0 Å². The minimum Gasteiger partial charge on any atom is -0.493 e. The lowest BCUT2D eigenvalue weighted by Gasteiger charge is -2.68. The number of Topliss-reactive ketones (excluding diaryl/α,β-unsaturated/α-hetero) is 1. The normalized spacial score (nSPS) is 49.7. The smallest absolute Gasteiger partial charge is 0.240 e. The summed E-state index contributed by atoms with van der Waals surface area (Å²) in [6.07, 6.45) is 5.36. The Hall–Kier alpha value is -1.41. The highest BCUT2D eigenvalue weighted by Crippen LogP contribution is 2.72. The quantitative estimate of drug-likeness (QED) is 0.406. The number of fused-ring (bicyclic) bond motifs is 5. The van der Waals surface area contributed by atoms with Crippen LogP contribution in [0.25, 0.3) is 0 Å². The van der Waals surface area contributed by atoms with Crippen LogP contribution in [-0.4, -0.2) is 51.8 Å². The molecule has 3 saturated carbocycles. The highest BCUT2D eigenvalue weighted by atomic mass is 17.1. The highest BCUT2D eigenvalue weighted by molar-refractivity contribution is 6.04. The molecule has 3 N–H and O–H groups in total. The van der Waals surface area contributed by atoms with E-state index in [0.29, 0.717) is 17.9 Å². The van der Waals surface area contributed by atoms with Gasteiger partial charge in [-0.3, -0.25) is 10.1 Å². The molecule has 5 aliphatic rings. The summed E-state index contributed by atoms with van der Waals surface area (Å²) in [5.74, 6) is 0.505. The first-order valence-corrected chi connectivity index (χ1v) is 12.7. The summed E-state index contributed by atoms with van der Waals surface area (Å²) in [4.78, 5) is 18.4. The Morgan fingerprint density at radius 1 is 1.00 bits per heavy atom. The van der Waals surface area contributed by atoms with Gasteiger partial charge in [0, 0.05) is 11.8 Å². The summed E-state index contributed by atoms with van der Waals surface area (Å²) in [6, 6.07) is 0. The minimum atomic E-state index is -1.71. The average Bonchev–Trinajstić information content (AvgIpc) is 3.17. The van der Waals surface area contributed by atoms with Crippen LogP contribution in [0.5, 0.6) is 0 Å². The molecule has 4 fully saturated rings. The van der Waals surface area contributed by atoms with Crippen LogP contribution in [0.4, 0.5) is 0 Å². The van der Waals surface area contributed by atoms with Crippen molar-refractivity contribution in [2.45, 2.75) is 103 Å². The Morgan fingerprint density at radius 3 is 2.35 bits per heavy atom. The second kappa shape index (κ2) is 7.31. The summed E-state index contributed by atoms with van der Waals surface area (Å²) in [6.45, 7) is 10.8. The maximum absolute atomic E-state index is 13.4. The van der Waals surface area contributed by atoms with Crippen molar-refractivity contribution in [2.24, 2.45) is 28.1 Å². The summed E-state index contributed by atoms with van der Waals surface area (Å²) in [7, 11) is 1.42. The molecule has 0 radical (unpaired) electrons. The van der Waals surface area contributed by atoms with E-state index in [9.17, 15) is 20.3 Å². The van der Waals surface area contributed by atoms with Gasteiger partial charge in [0.2, 0.25) is 11.4 Å². The number of hydrogen-bond acceptors (Lipinski definition) is 7. The van der Waals surface area contributed by atoms with Gasteiger partial charge >= 0.3 is 0 Å². The first kappa shape index (κ1) is 24.3. The zero-order chi connectivity index (χ0) is 24.9. The lowest BCUT2D eigenvalue weighted by atomic mass is 9.37. The molecule has 7 nitrogen and oxygen atoms in total. The van der Waals surface area contributed by atoms with Gasteiger partial charge in [0.25, 0.3) is 0 Å². The SMILES string of the molecule is COC1=CC(C)=C2O[C@@]3(CC2(OO)C1=O)[C@@H](O)CC[C@@H]1[C@@]2(C)CC[C@H](O)C(C)(C)[C@@H]2CC[C@]13C. The molecule has 1 aliphatic heterocycles. The minimum absolute atomic E-state index is 0.0311. The fourth-order valence-corrected chi connectivity index (χ4v) is 9.27. The molecule has 1 unspecified atom stereocenters. The van der Waals surface area contributed by atoms with Gasteiger partial charge in [-0.2, -0.15) is 0 Å². The summed E-state index contributed by atoms with van der Waals surface area (Å²) in [5.41, 5.74) is -2.80. The number of methoxy groups -OCH3 is 1. The Kier molecular flexibility index (Phi) is 5.22. The number of carbonyl (C=O) groups is 1. The van der Waals surface area contributed by atoms with E-state index in [1.54, 1.807) is 6.08 Å². The van der Waals surface area contributed by atoms with E-state index in [1.807, 2.05) is 6.92 Å². The molecule has 0 amide bonds. The Morgan fingerprint density at radius 2 is 1.71 bits per heavy atom. The van der Waals surface area contributed by atoms with Crippen LogP contribution in [-0.2, 0) is 19.2 Å². The van der Waals surface area contributed by atoms with Crippen LogP contribution in [0.3, 0.4) is 0 Å². The molecule has 8 atom stereocenters. The van der Waals surface area contributed by atoms with Gasteiger partial charge in [0.1, 0.15) is 11.4 Å². The van der Waals surface area contributed by atoms with Crippen LogP contribution in [0.1, 0.15) is 79.6 Å². The molecule has 34 heavy (non-hydrogen) atoms. The van der Waals surface area contributed by atoms with Crippen molar-refractivity contribution in [1.29, 1.82) is 0 Å². The fraction of sp³-hybridized carbons (Fsp3) is 0.815. The van der Waals surface area contributed by atoms with Crippen molar-refractivity contribution in [2.75, 3.05) is 7.11 Å². The van der Waals surface area contributed by atoms with Gasteiger partial charge in [-0.1, -0.05) is 27.7 Å². The van der Waals surface area contributed by atoms with E-state index in [2.05, 4.69) is 27.7 Å². The zero-order valence-corrected chi connectivity index (χ0v) is 21.3. The van der Waals surface area contributed by atoms with E-state index < -0.39 is 28.5 Å². The Bertz CT molecular complexity index is 968. The topological polar surface area (TPSA) is 105 Å². The maximum Gasteiger partial charge on any atom is 0.240 e. The van der Waals surface area contributed by atoms with Crippen molar-refractivity contribution in [3.63, 3.8) is 0 Å². The third-order valence-electron chi connectivity index (χ3n) is 11.1. The van der Waals surface area contributed by atoms with Crippen molar-refractivity contribution < 1.29 is 34.6 Å². The van der Waals surface area contributed by atoms with Crippen LogP contribution in [0.15, 0.2) is 23.2 Å². The monoisotopic (exact) mass is 476 g/mol. The summed E-state index contributed by atoms with van der Waals surface area (Å²) in [5, 5.41) is 32.5. The van der Waals surface area contributed by atoms with Crippen LogP contribution >= 0.6 is 0 Å². The predicted molar refractivity (Wildman–Crippen MR) is 124 cm³/mol. The Balaban J connectivity index is 1.62. The molecular weight excluding hydrogens is 436 g/mol. The molecule has 0 bridgehead atoms. The van der Waals surface area contributed by atoms with Crippen molar-refractivity contribution in [3.05, 3.63) is 23.2 Å². The lowest BCUT2D eigenvalue weighted by Crippen LogP contribution is -2.69. The lowest BCUT2D eigenvalue weighted by molar-refractivity contribution is -0.304. The van der Waals surface area contributed by atoms with E-state index in [1.165, 1.54) is 7.11 Å². The van der Waals surface area contributed by atoms with Crippen molar-refractivity contribution in [1.82, 2.24) is 0 Å². The number of aliphatic hydroxyl groups is 2. The van der Waals surface area contributed by atoms with E-state index >= 15 is 0 Å². The number of ketones is 1. The maximum atomic E-state index is 13.4. The molecule has 1 heterocycles. The molecule has 1 saturated heterocycles. The van der Waals surface area contributed by atoms with E-state index in [4.69, 9.17) is 14.4 Å². The molecule has 5 rings (SSSR count). The third kappa shape index (κ3) is 2.65. The number of hydrogen-bond donors (Lipinski definition) is 3. The second-order valence-corrected chi connectivity index (χ2v) is 12.7. The van der Waals surface area contributed by atoms with Gasteiger partial charge in [-0.05, 0) is 79.8 Å². The van der Waals surface area contributed by atoms with Crippen molar-refractivity contribution in [3.8, 4) is 0 Å². The average molecular weight is 477 g/mol. The summed E-state index contributed by atoms with van der Waals surface area (Å²) < 4.78 is 12.0. The number of allylic oxidation sites excluding steroid dienone is 2. The molecule has 1 spiro atoms. The second-order valence-electron chi connectivity index (χ2n) is 12.7. The van der Waals surface area contributed by atoms with Crippen LogP contribution in [0.2, 0.25) is 0 Å². The van der Waals surface area contributed by atoms with Crippen LogP contribution in [0, 0.1) is 28.1 Å². The van der Waals surface area contributed by atoms with E-state index in [0.717, 1.165) is 32.1 Å². The predicted octanol–water partition coefficient (Wildman–Crippen LogP) is 4.14. The molecular formula is C27H40O7. The van der Waals surface area contributed by atoms with Gasteiger partial charge in [0.15, 0.2) is 5.76 Å². The van der Waals surface area contributed by atoms with Crippen LogP contribution < -0.4 is 0 Å². The Labute approximate surface area is 202 Å². The molecule has 7 heteroatoms. The van der Waals surface area contributed by atoms with Gasteiger partial charge in [-0.25, -0.2) is 4.89 Å². The van der Waals surface area contributed by atoms with Gasteiger partial charge in [0.05, 0.1) is 19.3 Å². The summed E-state index contributed by atoms with van der Waals surface area (Å²) >= 11 is 0. The van der Waals surface area contributed by atoms with Gasteiger partial charge < -0.3 is 19.7 Å². The molecule has 4 aliphatic carbocycles. The molecule has 0 aromatic heterocycles. The number of ether oxygens (including phenoxy) is 2. The number of aliphatic hydroxyl groups excluding tert-OH is 2. The standard InChI is InChI=1S/C27H40O7/c1-15-13-16(32-6)21(30)26(34-31)14-27(33-22(15)26)20(29)8-7-18-24(4)11-10-19(28)23(2,3)17(24)9-12-25(18,27)5/h13,17-20,28-29,31H,7-12,14H2,1-6H3/t17-,18+,19-,20-,24-,25+,26?,27-/m0/s1.